The van der Waals surface area contributed by atoms with Crippen LogP contribution in [0.4, 0.5) is 0 Å². The largest absolute Gasteiger partial charge is 0.481 e. The van der Waals surface area contributed by atoms with E-state index in [0.717, 1.165) is 6.92 Å². The van der Waals surface area contributed by atoms with E-state index in [-0.39, 0.29) is 6.42 Å². The molecule has 0 saturated carbocycles. The number of aliphatic carboxylic acids is 3. The number of nitrogens with two attached hydrogens (primary N) is 2. The number of primary amides is 1. The summed E-state index contributed by atoms with van der Waals surface area (Å²) in [6.45, 7) is 1.15. The van der Waals surface area contributed by atoms with Crippen molar-refractivity contribution in [3.63, 3.8) is 0 Å². The molecule has 0 heterocycles. The maximum atomic E-state index is 12.4. The second-order valence-corrected chi connectivity index (χ2v) is 6.50. The first-order valence-electron chi connectivity index (χ1n) is 8.86. The van der Waals surface area contributed by atoms with Gasteiger partial charge in [0.2, 0.25) is 23.6 Å². The van der Waals surface area contributed by atoms with Crippen molar-refractivity contribution in [3.05, 3.63) is 0 Å². The summed E-state index contributed by atoms with van der Waals surface area (Å²) in [4.78, 5) is 79.8. The van der Waals surface area contributed by atoms with Gasteiger partial charge in [-0.05, 0) is 13.3 Å². The Balaban J connectivity index is 5.16. The lowest BCUT2D eigenvalue weighted by molar-refractivity contribution is -0.147. The summed E-state index contributed by atoms with van der Waals surface area (Å²) in [7, 11) is 0. The van der Waals surface area contributed by atoms with Gasteiger partial charge in [0.15, 0.2) is 0 Å². The second kappa shape index (κ2) is 12.7. The van der Waals surface area contributed by atoms with Crippen LogP contribution in [0.5, 0.6) is 0 Å². The standard InChI is InChI=1S/C16H25N5O10/c1-6(13(27)21-9(16(30)31)5-12(25)26)19-15(29)8(2-3-11(23)24)20-14(28)7(17)4-10(18)22/h6-9H,2-5,17H2,1H3,(H2,18,22)(H,19,29)(H,20,28)(H,21,27)(H,23,24)(H,25,26)(H,30,31). The first-order chi connectivity index (χ1) is 14.2. The van der Waals surface area contributed by atoms with Crippen molar-refractivity contribution in [2.75, 3.05) is 0 Å². The highest BCUT2D eigenvalue weighted by Gasteiger charge is 2.29. The summed E-state index contributed by atoms with van der Waals surface area (Å²) >= 11 is 0. The summed E-state index contributed by atoms with van der Waals surface area (Å²) in [6.07, 6.45) is -2.36. The van der Waals surface area contributed by atoms with Crippen molar-refractivity contribution < 1.29 is 48.9 Å². The Hall–Kier alpha value is -3.75. The molecule has 10 N–H and O–H groups in total. The van der Waals surface area contributed by atoms with Crippen LogP contribution in [0.3, 0.4) is 0 Å². The Labute approximate surface area is 175 Å². The van der Waals surface area contributed by atoms with Crippen molar-refractivity contribution in [3.8, 4) is 0 Å². The SMILES string of the molecule is CC(NC(=O)C(CCC(=O)O)NC(=O)C(N)CC(N)=O)C(=O)NC(CC(=O)O)C(=O)O. The molecule has 0 rings (SSSR count). The zero-order valence-electron chi connectivity index (χ0n) is 16.5. The van der Waals surface area contributed by atoms with E-state index in [0.29, 0.717) is 0 Å². The number of carboxylic acid groups (broad SMARTS) is 3. The summed E-state index contributed by atoms with van der Waals surface area (Å²) in [5.74, 6) is -8.23. The fourth-order valence-electron chi connectivity index (χ4n) is 2.18. The molecule has 0 radical (unpaired) electrons. The molecule has 15 nitrogen and oxygen atoms in total. The van der Waals surface area contributed by atoms with Gasteiger partial charge in [0.1, 0.15) is 18.1 Å². The molecule has 31 heavy (non-hydrogen) atoms. The molecule has 0 aliphatic carbocycles. The number of nitrogens with one attached hydrogen (secondary N) is 3. The number of hydrogen-bond acceptors (Lipinski definition) is 8. The first-order valence-corrected chi connectivity index (χ1v) is 8.86. The van der Waals surface area contributed by atoms with E-state index in [1.807, 2.05) is 5.32 Å². The van der Waals surface area contributed by atoms with Gasteiger partial charge < -0.3 is 42.7 Å². The van der Waals surface area contributed by atoms with E-state index in [2.05, 4.69) is 10.6 Å². The van der Waals surface area contributed by atoms with Gasteiger partial charge in [-0.1, -0.05) is 0 Å². The van der Waals surface area contributed by atoms with Crippen LogP contribution in [0.2, 0.25) is 0 Å². The zero-order valence-corrected chi connectivity index (χ0v) is 16.5. The van der Waals surface area contributed by atoms with Crippen LogP contribution in [0.1, 0.15) is 32.6 Å². The average Bonchev–Trinajstić information content (AvgIpc) is 2.62. The fraction of sp³-hybridized carbons (Fsp3) is 0.562. The minimum atomic E-state index is -1.75. The van der Waals surface area contributed by atoms with E-state index in [1.54, 1.807) is 0 Å². The lowest BCUT2D eigenvalue weighted by Crippen LogP contribution is -2.56. The van der Waals surface area contributed by atoms with Crippen LogP contribution in [0, 0.1) is 0 Å². The number of hydrogen-bond donors (Lipinski definition) is 8. The number of amides is 4. The summed E-state index contributed by atoms with van der Waals surface area (Å²) in [6, 6.07) is -5.97. The van der Waals surface area contributed by atoms with E-state index >= 15 is 0 Å². The topological polar surface area (TPSA) is 268 Å². The Morgan fingerprint density at radius 3 is 1.77 bits per heavy atom. The van der Waals surface area contributed by atoms with Gasteiger partial charge in [0.05, 0.1) is 18.9 Å². The van der Waals surface area contributed by atoms with Crippen LogP contribution < -0.4 is 27.4 Å². The van der Waals surface area contributed by atoms with Gasteiger partial charge in [-0.25, -0.2) is 4.79 Å². The highest BCUT2D eigenvalue weighted by atomic mass is 16.4. The molecule has 15 heteroatoms. The predicted molar refractivity (Wildman–Crippen MR) is 100 cm³/mol. The van der Waals surface area contributed by atoms with Gasteiger partial charge in [-0.3, -0.25) is 28.8 Å². The Kier molecular flexibility index (Phi) is 11.2. The molecule has 0 aromatic heterocycles. The van der Waals surface area contributed by atoms with Crippen LogP contribution in [0.25, 0.3) is 0 Å². The van der Waals surface area contributed by atoms with Crippen molar-refractivity contribution in [2.24, 2.45) is 11.5 Å². The summed E-state index contributed by atoms with van der Waals surface area (Å²) < 4.78 is 0. The Morgan fingerprint density at radius 1 is 0.774 bits per heavy atom. The van der Waals surface area contributed by atoms with Crippen molar-refractivity contribution in [1.29, 1.82) is 0 Å². The monoisotopic (exact) mass is 447 g/mol. The smallest absolute Gasteiger partial charge is 0.326 e. The minimum Gasteiger partial charge on any atom is -0.481 e. The number of carbonyl (C=O) groups is 7. The van der Waals surface area contributed by atoms with Gasteiger partial charge in [0.25, 0.3) is 0 Å². The Bertz CT molecular complexity index is 740. The number of carbonyl (C=O) groups excluding carboxylic acids is 4. The van der Waals surface area contributed by atoms with E-state index in [4.69, 9.17) is 26.8 Å². The van der Waals surface area contributed by atoms with Gasteiger partial charge >= 0.3 is 17.9 Å². The molecular weight excluding hydrogens is 422 g/mol. The molecule has 0 bridgehead atoms. The number of carboxylic acids is 3. The highest BCUT2D eigenvalue weighted by molar-refractivity contribution is 5.95. The first kappa shape index (κ1) is 27.2. The van der Waals surface area contributed by atoms with Crippen LogP contribution in [0.15, 0.2) is 0 Å². The lowest BCUT2D eigenvalue weighted by atomic mass is 10.1. The van der Waals surface area contributed by atoms with Crippen LogP contribution >= 0.6 is 0 Å². The average molecular weight is 447 g/mol. The second-order valence-electron chi connectivity index (χ2n) is 6.50. The van der Waals surface area contributed by atoms with Gasteiger partial charge in [-0.2, -0.15) is 0 Å². The molecule has 0 aliphatic heterocycles. The molecule has 0 aromatic rings. The quantitative estimate of drug-likeness (QED) is 0.127. The Morgan fingerprint density at radius 2 is 1.32 bits per heavy atom. The van der Waals surface area contributed by atoms with Gasteiger partial charge in [0, 0.05) is 6.42 Å². The predicted octanol–water partition coefficient (Wildman–Crippen LogP) is -3.91. The highest BCUT2D eigenvalue weighted by Crippen LogP contribution is 2.02. The molecule has 0 saturated heterocycles. The molecule has 0 aromatic carbocycles. The van der Waals surface area contributed by atoms with Crippen LogP contribution in [-0.4, -0.2) is 81.0 Å². The summed E-state index contributed by atoms with van der Waals surface area (Å²) in [5.41, 5.74) is 10.4. The molecule has 0 spiro atoms. The minimum absolute atomic E-state index is 0.388. The zero-order chi connectivity index (χ0) is 24.3. The third-order valence-electron chi connectivity index (χ3n) is 3.78. The molecule has 4 unspecified atom stereocenters. The molecule has 174 valence electrons. The third-order valence-corrected chi connectivity index (χ3v) is 3.78. The number of rotatable bonds is 14. The normalized spacial score (nSPS) is 14.3. The van der Waals surface area contributed by atoms with E-state index in [1.165, 1.54) is 0 Å². The maximum absolute atomic E-state index is 12.4. The van der Waals surface area contributed by atoms with Crippen molar-refractivity contribution in [2.45, 2.75) is 56.8 Å². The van der Waals surface area contributed by atoms with Gasteiger partial charge in [-0.15, -0.1) is 0 Å². The molecule has 0 fully saturated rings. The molecule has 4 amide bonds. The maximum Gasteiger partial charge on any atom is 0.326 e. The molecular formula is C16H25N5O10. The van der Waals surface area contributed by atoms with E-state index in [9.17, 15) is 33.6 Å². The molecule has 4 atom stereocenters. The van der Waals surface area contributed by atoms with E-state index < -0.39 is 85.0 Å². The molecule has 0 aliphatic rings. The third kappa shape index (κ3) is 11.1. The lowest BCUT2D eigenvalue weighted by Gasteiger charge is -2.23. The summed E-state index contributed by atoms with van der Waals surface area (Å²) in [5, 5.41) is 32.7. The van der Waals surface area contributed by atoms with Crippen molar-refractivity contribution in [1.82, 2.24) is 16.0 Å². The van der Waals surface area contributed by atoms with Crippen LogP contribution in [-0.2, 0) is 33.6 Å². The fourth-order valence-corrected chi connectivity index (χ4v) is 2.18. The van der Waals surface area contributed by atoms with Crippen molar-refractivity contribution >= 4 is 41.5 Å².